The summed E-state index contributed by atoms with van der Waals surface area (Å²) in [6, 6.07) is 9.24. The number of aromatic nitrogens is 2. The highest BCUT2D eigenvalue weighted by molar-refractivity contribution is 5.94. The highest BCUT2D eigenvalue weighted by Gasteiger charge is 2.14. The molecule has 1 aromatic carbocycles. The Bertz CT molecular complexity index is 619. The van der Waals surface area contributed by atoms with Crippen molar-refractivity contribution in [1.29, 1.82) is 0 Å². The average Bonchev–Trinajstić information content (AvgIpc) is 3.31. The van der Waals surface area contributed by atoms with Gasteiger partial charge in [-0.3, -0.25) is 4.79 Å². The van der Waals surface area contributed by atoms with E-state index in [1.165, 1.54) is 0 Å². The summed E-state index contributed by atoms with van der Waals surface area (Å²) >= 11 is 0. The molecule has 1 N–H and O–H groups in total. The number of benzene rings is 1. The maximum absolute atomic E-state index is 12.1. The van der Waals surface area contributed by atoms with Gasteiger partial charge in [-0.2, -0.15) is 5.10 Å². The van der Waals surface area contributed by atoms with Crippen LogP contribution in [0.2, 0.25) is 0 Å². The Morgan fingerprint density at radius 3 is 2.96 bits per heavy atom. The molecule has 1 saturated heterocycles. The summed E-state index contributed by atoms with van der Waals surface area (Å²) in [6.45, 7) is 2.75. The summed E-state index contributed by atoms with van der Waals surface area (Å²) < 4.78 is 12.8. The van der Waals surface area contributed by atoms with Crippen LogP contribution in [0.15, 0.2) is 42.7 Å². The first-order chi connectivity index (χ1) is 11.8. The van der Waals surface area contributed by atoms with Crippen molar-refractivity contribution in [2.75, 3.05) is 26.4 Å². The second kappa shape index (κ2) is 8.61. The van der Waals surface area contributed by atoms with Gasteiger partial charge in [-0.1, -0.05) is 0 Å². The van der Waals surface area contributed by atoms with E-state index in [0.717, 1.165) is 31.6 Å². The molecule has 1 aliphatic heterocycles. The zero-order valence-corrected chi connectivity index (χ0v) is 13.7. The van der Waals surface area contributed by atoms with Crippen LogP contribution in [-0.4, -0.2) is 48.2 Å². The van der Waals surface area contributed by atoms with E-state index in [9.17, 15) is 4.79 Å². The lowest BCUT2D eigenvalue weighted by molar-refractivity contribution is 0.0166. The Balaban J connectivity index is 1.34. The predicted octanol–water partition coefficient (Wildman–Crippen LogP) is 2.19. The molecule has 0 spiro atoms. The maximum Gasteiger partial charge on any atom is 0.251 e. The van der Waals surface area contributed by atoms with Gasteiger partial charge in [0.05, 0.1) is 18.4 Å². The van der Waals surface area contributed by atoms with Crippen LogP contribution in [0.4, 0.5) is 0 Å². The Hall–Kier alpha value is -2.18. The van der Waals surface area contributed by atoms with Crippen molar-refractivity contribution in [2.24, 2.45) is 0 Å². The number of hydrogen-bond donors (Lipinski definition) is 1. The molecular formula is C18H23N3O3. The molecule has 128 valence electrons. The highest BCUT2D eigenvalue weighted by Crippen LogP contribution is 2.12. The fraction of sp³-hybridized carbons (Fsp3) is 0.444. The first-order valence-electron chi connectivity index (χ1n) is 8.40. The number of nitrogens with one attached hydrogen (secondary N) is 1. The van der Waals surface area contributed by atoms with Crippen molar-refractivity contribution in [3.8, 4) is 5.69 Å². The molecule has 3 rings (SSSR count). The Kier molecular flexibility index (Phi) is 5.98. The molecule has 24 heavy (non-hydrogen) atoms. The molecule has 1 aromatic heterocycles. The van der Waals surface area contributed by atoms with Crippen LogP contribution in [-0.2, 0) is 9.47 Å². The molecule has 1 fully saturated rings. The molecule has 1 amide bonds. The monoisotopic (exact) mass is 329 g/mol. The Labute approximate surface area is 141 Å². The average molecular weight is 329 g/mol. The smallest absolute Gasteiger partial charge is 0.251 e. The lowest BCUT2D eigenvalue weighted by atomic mass is 10.2. The zero-order valence-electron chi connectivity index (χ0n) is 13.7. The van der Waals surface area contributed by atoms with E-state index in [-0.39, 0.29) is 12.0 Å². The molecule has 6 nitrogen and oxygen atoms in total. The molecule has 0 radical (unpaired) electrons. The Morgan fingerprint density at radius 1 is 1.38 bits per heavy atom. The number of ether oxygens (including phenoxy) is 2. The minimum absolute atomic E-state index is 0.0684. The molecule has 0 saturated carbocycles. The SMILES string of the molecule is O=C(NCCCOCC1CCCO1)c1ccc(-n2cccn2)cc1. The fourth-order valence-electron chi connectivity index (χ4n) is 2.66. The zero-order chi connectivity index (χ0) is 16.6. The summed E-state index contributed by atoms with van der Waals surface area (Å²) in [5.41, 5.74) is 1.57. The lowest BCUT2D eigenvalue weighted by Gasteiger charge is -2.10. The van der Waals surface area contributed by atoms with Crippen LogP contribution in [0.3, 0.4) is 0 Å². The second-order valence-corrected chi connectivity index (χ2v) is 5.82. The number of carbonyl (C=O) groups excluding carboxylic acids is 1. The van der Waals surface area contributed by atoms with E-state index >= 15 is 0 Å². The normalized spacial score (nSPS) is 17.1. The van der Waals surface area contributed by atoms with Crippen LogP contribution in [0.1, 0.15) is 29.6 Å². The third kappa shape index (κ3) is 4.66. The van der Waals surface area contributed by atoms with Crippen molar-refractivity contribution < 1.29 is 14.3 Å². The van der Waals surface area contributed by atoms with Crippen molar-refractivity contribution in [3.63, 3.8) is 0 Å². The minimum Gasteiger partial charge on any atom is -0.379 e. The third-order valence-electron chi connectivity index (χ3n) is 3.98. The van der Waals surface area contributed by atoms with E-state index in [1.54, 1.807) is 23.0 Å². The fourth-order valence-corrected chi connectivity index (χ4v) is 2.66. The van der Waals surface area contributed by atoms with Crippen LogP contribution in [0.5, 0.6) is 0 Å². The van der Waals surface area contributed by atoms with Crippen LogP contribution < -0.4 is 5.32 Å². The summed E-state index contributed by atoms with van der Waals surface area (Å²) in [4.78, 5) is 12.1. The maximum atomic E-state index is 12.1. The van der Waals surface area contributed by atoms with Gasteiger partial charge in [0, 0.05) is 37.7 Å². The van der Waals surface area contributed by atoms with Gasteiger partial charge in [0.15, 0.2) is 0 Å². The standard InChI is InChI=1S/C18H23N3O3/c22-18(19-9-3-12-23-14-17-4-1-13-24-17)15-5-7-16(8-6-15)21-11-2-10-20-21/h2,5-8,10-11,17H,1,3-4,9,12-14H2,(H,19,22). The molecule has 2 aromatic rings. The molecule has 2 heterocycles. The molecule has 1 atom stereocenters. The Morgan fingerprint density at radius 2 is 2.25 bits per heavy atom. The minimum atomic E-state index is -0.0684. The molecule has 6 heteroatoms. The summed E-state index contributed by atoms with van der Waals surface area (Å²) in [5.74, 6) is -0.0684. The van der Waals surface area contributed by atoms with Crippen molar-refractivity contribution in [1.82, 2.24) is 15.1 Å². The molecule has 0 bridgehead atoms. The van der Waals surface area contributed by atoms with Crippen molar-refractivity contribution in [3.05, 3.63) is 48.3 Å². The summed E-state index contributed by atoms with van der Waals surface area (Å²) in [5, 5.41) is 7.07. The van der Waals surface area contributed by atoms with E-state index in [4.69, 9.17) is 9.47 Å². The molecule has 1 aliphatic rings. The van der Waals surface area contributed by atoms with Gasteiger partial charge >= 0.3 is 0 Å². The van der Waals surface area contributed by atoms with E-state index in [2.05, 4.69) is 10.4 Å². The first kappa shape index (κ1) is 16.7. The number of rotatable bonds is 8. The lowest BCUT2D eigenvalue weighted by Crippen LogP contribution is -2.25. The molecular weight excluding hydrogens is 306 g/mol. The van der Waals surface area contributed by atoms with E-state index in [1.807, 2.05) is 24.4 Å². The molecule has 0 aliphatic carbocycles. The first-order valence-corrected chi connectivity index (χ1v) is 8.40. The third-order valence-corrected chi connectivity index (χ3v) is 3.98. The number of carbonyl (C=O) groups is 1. The van der Waals surface area contributed by atoms with E-state index < -0.39 is 0 Å². The topological polar surface area (TPSA) is 65.4 Å². The van der Waals surface area contributed by atoms with E-state index in [0.29, 0.717) is 25.3 Å². The van der Waals surface area contributed by atoms with Gasteiger partial charge in [0.25, 0.3) is 5.91 Å². The van der Waals surface area contributed by atoms with Gasteiger partial charge in [0.2, 0.25) is 0 Å². The second-order valence-electron chi connectivity index (χ2n) is 5.82. The highest BCUT2D eigenvalue weighted by atomic mass is 16.5. The number of amides is 1. The van der Waals surface area contributed by atoms with Crippen molar-refractivity contribution in [2.45, 2.75) is 25.4 Å². The van der Waals surface area contributed by atoms with Crippen LogP contribution in [0.25, 0.3) is 5.69 Å². The quantitative estimate of drug-likeness (QED) is 0.754. The van der Waals surface area contributed by atoms with Gasteiger partial charge in [-0.25, -0.2) is 4.68 Å². The summed E-state index contributed by atoms with van der Waals surface area (Å²) in [7, 11) is 0. The van der Waals surface area contributed by atoms with Gasteiger partial charge in [-0.05, 0) is 49.6 Å². The van der Waals surface area contributed by atoms with Gasteiger partial charge < -0.3 is 14.8 Å². The van der Waals surface area contributed by atoms with Crippen LogP contribution >= 0.6 is 0 Å². The largest absolute Gasteiger partial charge is 0.379 e. The van der Waals surface area contributed by atoms with Gasteiger partial charge in [0.1, 0.15) is 0 Å². The van der Waals surface area contributed by atoms with Gasteiger partial charge in [-0.15, -0.1) is 0 Å². The number of nitrogens with zero attached hydrogens (tertiary/aromatic N) is 2. The number of hydrogen-bond acceptors (Lipinski definition) is 4. The van der Waals surface area contributed by atoms with Crippen molar-refractivity contribution >= 4 is 5.91 Å². The van der Waals surface area contributed by atoms with Crippen LogP contribution in [0, 0.1) is 0 Å². The summed E-state index contributed by atoms with van der Waals surface area (Å²) in [6.07, 6.45) is 6.86. The molecule has 1 unspecified atom stereocenters. The predicted molar refractivity (Wildman–Crippen MR) is 90.3 cm³/mol.